The van der Waals surface area contributed by atoms with Crippen molar-refractivity contribution in [3.05, 3.63) is 58.2 Å². The molecule has 1 nitrogen and oxygen atoms in total. The fraction of sp³-hybridized carbons (Fsp3) is 0.421. The van der Waals surface area contributed by atoms with Crippen LogP contribution in [0.2, 0.25) is 0 Å². The molecule has 0 amide bonds. The number of rotatable bonds is 5. The topological polar surface area (TPSA) is 17.1 Å². The highest BCUT2D eigenvalue weighted by atomic mass is 79.9. The summed E-state index contributed by atoms with van der Waals surface area (Å²) in [5.41, 5.74) is 2.72. The summed E-state index contributed by atoms with van der Waals surface area (Å²) in [6.45, 7) is 8.80. The Bertz CT molecular complexity index is 516. The first-order chi connectivity index (χ1) is 9.86. The predicted molar refractivity (Wildman–Crippen MR) is 95.4 cm³/mol. The van der Waals surface area contributed by atoms with Crippen LogP contribution in [0.4, 0.5) is 0 Å². The van der Waals surface area contributed by atoms with Crippen molar-refractivity contribution in [3.8, 4) is 0 Å². The van der Waals surface area contributed by atoms with Crippen LogP contribution in [-0.4, -0.2) is 6.29 Å². The Balaban J connectivity index is 2.75. The Kier molecular flexibility index (Phi) is 7.10. The molecule has 0 radical (unpaired) electrons. The SMILES string of the molecule is CC1=CCCC(C)(C)C1/C=C/C(Br)=C/C=C\C(C)=C\C=O. The molecular formula is C19H25BrO. The molecule has 21 heavy (non-hydrogen) atoms. The Morgan fingerprint density at radius 3 is 2.67 bits per heavy atom. The maximum absolute atomic E-state index is 10.3. The number of allylic oxidation sites excluding steroid dienone is 10. The first-order valence-electron chi connectivity index (χ1n) is 7.37. The maximum Gasteiger partial charge on any atom is 0.143 e. The molecule has 0 aromatic carbocycles. The van der Waals surface area contributed by atoms with Gasteiger partial charge in [-0.3, -0.25) is 4.79 Å². The van der Waals surface area contributed by atoms with E-state index in [-0.39, 0.29) is 0 Å². The third kappa shape index (κ3) is 6.01. The van der Waals surface area contributed by atoms with Gasteiger partial charge in [0.05, 0.1) is 0 Å². The molecule has 114 valence electrons. The molecule has 1 aliphatic rings. The normalized spacial score (nSPS) is 23.7. The minimum atomic E-state index is 0.321. The molecular weight excluding hydrogens is 324 g/mol. The molecule has 0 saturated heterocycles. The summed E-state index contributed by atoms with van der Waals surface area (Å²) >= 11 is 3.57. The van der Waals surface area contributed by atoms with E-state index in [1.165, 1.54) is 18.4 Å². The van der Waals surface area contributed by atoms with Gasteiger partial charge in [-0.05, 0) is 49.8 Å². The van der Waals surface area contributed by atoms with E-state index in [2.05, 4.69) is 54.9 Å². The van der Waals surface area contributed by atoms with E-state index in [0.29, 0.717) is 11.3 Å². The Morgan fingerprint density at radius 1 is 1.33 bits per heavy atom. The molecule has 0 fully saturated rings. The third-order valence-corrected chi connectivity index (χ3v) is 4.51. The Morgan fingerprint density at radius 2 is 2.05 bits per heavy atom. The van der Waals surface area contributed by atoms with E-state index >= 15 is 0 Å². The number of hydrogen-bond acceptors (Lipinski definition) is 1. The standard InChI is InChI=1S/C19H25BrO/c1-15(12-14-21)7-5-9-17(20)10-11-18-16(2)8-6-13-19(18,3)4/h5,7-12,14,18H,6,13H2,1-4H3/b7-5-,11-10+,15-12+,17-9-. The largest absolute Gasteiger partial charge is 0.299 e. The predicted octanol–water partition coefficient (Wildman–Crippen LogP) is 5.91. The summed E-state index contributed by atoms with van der Waals surface area (Å²) in [4.78, 5) is 10.3. The second kappa shape index (κ2) is 8.33. The van der Waals surface area contributed by atoms with Gasteiger partial charge < -0.3 is 0 Å². The van der Waals surface area contributed by atoms with E-state index < -0.39 is 0 Å². The van der Waals surface area contributed by atoms with Gasteiger partial charge in [-0.25, -0.2) is 0 Å². The Hall–Kier alpha value is -1.15. The van der Waals surface area contributed by atoms with Crippen LogP contribution in [0.5, 0.6) is 0 Å². The minimum absolute atomic E-state index is 0.321. The van der Waals surface area contributed by atoms with E-state index in [9.17, 15) is 4.79 Å². The fourth-order valence-corrected chi connectivity index (χ4v) is 2.99. The number of aldehydes is 1. The van der Waals surface area contributed by atoms with Gasteiger partial charge in [0.25, 0.3) is 0 Å². The monoisotopic (exact) mass is 348 g/mol. The van der Waals surface area contributed by atoms with Crippen LogP contribution < -0.4 is 0 Å². The first-order valence-corrected chi connectivity index (χ1v) is 8.17. The lowest BCUT2D eigenvalue weighted by Gasteiger charge is -2.36. The molecule has 0 aromatic heterocycles. The van der Waals surface area contributed by atoms with Gasteiger partial charge in [-0.2, -0.15) is 0 Å². The van der Waals surface area contributed by atoms with E-state index in [1.54, 1.807) is 6.08 Å². The average molecular weight is 349 g/mol. The van der Waals surface area contributed by atoms with Gasteiger partial charge in [-0.15, -0.1) is 0 Å². The van der Waals surface area contributed by atoms with Gasteiger partial charge in [0, 0.05) is 10.4 Å². The highest BCUT2D eigenvalue weighted by Crippen LogP contribution is 2.41. The quantitative estimate of drug-likeness (QED) is 0.261. The lowest BCUT2D eigenvalue weighted by Crippen LogP contribution is -2.26. The molecule has 2 heteroatoms. The van der Waals surface area contributed by atoms with Crippen LogP contribution in [0.25, 0.3) is 0 Å². The summed E-state index contributed by atoms with van der Waals surface area (Å²) in [6.07, 6.45) is 17.4. The maximum atomic E-state index is 10.3. The zero-order valence-corrected chi connectivity index (χ0v) is 15.0. The second-order valence-electron chi connectivity index (χ2n) is 6.27. The number of carbonyl (C=O) groups is 1. The smallest absolute Gasteiger partial charge is 0.143 e. The lowest BCUT2D eigenvalue weighted by atomic mass is 9.68. The van der Waals surface area contributed by atoms with Crippen LogP contribution in [-0.2, 0) is 4.79 Å². The van der Waals surface area contributed by atoms with Gasteiger partial charge in [0.2, 0.25) is 0 Å². The van der Waals surface area contributed by atoms with Crippen molar-refractivity contribution in [3.63, 3.8) is 0 Å². The van der Waals surface area contributed by atoms with Crippen molar-refractivity contribution in [2.24, 2.45) is 11.3 Å². The molecule has 0 heterocycles. The van der Waals surface area contributed by atoms with Crippen LogP contribution in [0, 0.1) is 11.3 Å². The van der Waals surface area contributed by atoms with Crippen molar-refractivity contribution < 1.29 is 4.79 Å². The third-order valence-electron chi connectivity index (χ3n) is 3.98. The highest BCUT2D eigenvalue weighted by molar-refractivity contribution is 9.11. The average Bonchev–Trinajstić information content (AvgIpc) is 2.37. The van der Waals surface area contributed by atoms with Crippen molar-refractivity contribution >= 4 is 22.2 Å². The molecule has 0 aliphatic heterocycles. The minimum Gasteiger partial charge on any atom is -0.299 e. The van der Waals surface area contributed by atoms with Crippen LogP contribution in [0.15, 0.2) is 58.2 Å². The molecule has 1 unspecified atom stereocenters. The zero-order chi connectivity index (χ0) is 15.9. The molecule has 1 rings (SSSR count). The summed E-state index contributed by atoms with van der Waals surface area (Å²) < 4.78 is 1.03. The molecule has 0 N–H and O–H groups in total. The van der Waals surface area contributed by atoms with E-state index in [0.717, 1.165) is 16.3 Å². The summed E-state index contributed by atoms with van der Waals surface area (Å²) in [6, 6.07) is 0. The molecule has 1 atom stereocenters. The number of carbonyl (C=O) groups excluding carboxylic acids is 1. The van der Waals surface area contributed by atoms with E-state index in [4.69, 9.17) is 0 Å². The van der Waals surface area contributed by atoms with Crippen molar-refractivity contribution in [1.29, 1.82) is 0 Å². The van der Waals surface area contributed by atoms with Crippen LogP contribution >= 0.6 is 15.9 Å². The number of hydrogen-bond donors (Lipinski definition) is 0. The van der Waals surface area contributed by atoms with Crippen molar-refractivity contribution in [2.75, 3.05) is 0 Å². The van der Waals surface area contributed by atoms with Crippen LogP contribution in [0.1, 0.15) is 40.5 Å². The summed E-state index contributed by atoms with van der Waals surface area (Å²) in [7, 11) is 0. The zero-order valence-electron chi connectivity index (χ0n) is 13.4. The fourth-order valence-electron chi connectivity index (χ4n) is 2.68. The second-order valence-corrected chi connectivity index (χ2v) is 7.19. The molecule has 0 bridgehead atoms. The Labute approximate surface area is 137 Å². The molecule has 0 saturated carbocycles. The van der Waals surface area contributed by atoms with E-state index in [1.807, 2.05) is 25.2 Å². The summed E-state index contributed by atoms with van der Waals surface area (Å²) in [5.74, 6) is 0.493. The van der Waals surface area contributed by atoms with Crippen molar-refractivity contribution in [1.82, 2.24) is 0 Å². The number of halogens is 1. The van der Waals surface area contributed by atoms with Gasteiger partial charge in [-0.1, -0.05) is 65.7 Å². The molecule has 1 aliphatic carbocycles. The summed E-state index contributed by atoms with van der Waals surface area (Å²) in [5, 5.41) is 0. The highest BCUT2D eigenvalue weighted by Gasteiger charge is 2.30. The van der Waals surface area contributed by atoms with Gasteiger partial charge in [0.15, 0.2) is 0 Å². The van der Waals surface area contributed by atoms with Crippen LogP contribution in [0.3, 0.4) is 0 Å². The van der Waals surface area contributed by atoms with Gasteiger partial charge in [0.1, 0.15) is 6.29 Å². The molecule has 0 spiro atoms. The van der Waals surface area contributed by atoms with Crippen molar-refractivity contribution in [2.45, 2.75) is 40.5 Å². The first kappa shape index (κ1) is 17.9. The molecule has 0 aromatic rings. The van der Waals surface area contributed by atoms with Gasteiger partial charge >= 0.3 is 0 Å². The lowest BCUT2D eigenvalue weighted by molar-refractivity contribution is -0.104.